The summed E-state index contributed by atoms with van der Waals surface area (Å²) in [5, 5.41) is 10.0. The van der Waals surface area contributed by atoms with E-state index in [1.807, 2.05) is 13.8 Å². The van der Waals surface area contributed by atoms with E-state index in [9.17, 15) is 9.90 Å². The Bertz CT molecular complexity index is 255. The third-order valence-corrected chi connectivity index (χ3v) is 3.55. The smallest absolute Gasteiger partial charge is 0.254 e. The number of β-amino-alcohol motifs (C(OH)–C–C–N with tert-alkyl or cyclic N) is 1. The number of aliphatic hydroxyl groups is 1. The largest absolute Gasteiger partial charge is 0.386 e. The summed E-state index contributed by atoms with van der Waals surface area (Å²) < 4.78 is 5.26. The molecule has 16 heavy (non-hydrogen) atoms. The van der Waals surface area contributed by atoms with Crippen LogP contribution in [-0.2, 0) is 9.53 Å². The first-order chi connectivity index (χ1) is 7.40. The van der Waals surface area contributed by atoms with Crippen molar-refractivity contribution in [3.05, 3.63) is 0 Å². The molecule has 1 unspecified atom stereocenters. The molecule has 0 saturated carbocycles. The van der Waals surface area contributed by atoms with Gasteiger partial charge in [0, 0.05) is 7.11 Å². The zero-order chi connectivity index (χ0) is 12.4. The lowest BCUT2D eigenvalue weighted by molar-refractivity contribution is -0.176. The van der Waals surface area contributed by atoms with Crippen LogP contribution in [0.25, 0.3) is 0 Å². The summed E-state index contributed by atoms with van der Waals surface area (Å²) in [7, 11) is 1.55. The first-order valence-electron chi connectivity index (χ1n) is 5.97. The maximum atomic E-state index is 12.1. The molecule has 0 aromatic rings. The van der Waals surface area contributed by atoms with Gasteiger partial charge in [0.2, 0.25) is 0 Å². The number of carbonyl (C=O) groups excluding carboxylic acids is 1. The molecule has 4 nitrogen and oxygen atoms in total. The molecule has 94 valence electrons. The molecule has 1 fully saturated rings. The molecule has 1 heterocycles. The molecule has 0 aromatic heterocycles. The second kappa shape index (κ2) is 4.72. The molecule has 1 amide bonds. The maximum Gasteiger partial charge on any atom is 0.254 e. The van der Waals surface area contributed by atoms with Crippen LogP contribution in [0.3, 0.4) is 0 Å². The highest BCUT2D eigenvalue weighted by atomic mass is 16.5. The summed E-state index contributed by atoms with van der Waals surface area (Å²) in [5.41, 5.74) is -1.40. The van der Waals surface area contributed by atoms with Gasteiger partial charge in [-0.05, 0) is 19.8 Å². The number of hydrogen-bond acceptors (Lipinski definition) is 3. The van der Waals surface area contributed by atoms with Crippen molar-refractivity contribution in [1.29, 1.82) is 0 Å². The third-order valence-electron chi connectivity index (χ3n) is 3.55. The number of ether oxygens (including phenoxy) is 1. The molecule has 4 heteroatoms. The fraction of sp³-hybridized carbons (Fsp3) is 0.917. The Morgan fingerprint density at radius 1 is 1.50 bits per heavy atom. The maximum absolute atomic E-state index is 12.1. The Morgan fingerprint density at radius 2 is 2.06 bits per heavy atom. The quantitative estimate of drug-likeness (QED) is 0.770. The molecule has 1 N–H and O–H groups in total. The summed E-state index contributed by atoms with van der Waals surface area (Å²) in [4.78, 5) is 13.8. The molecule has 1 aliphatic heterocycles. The molecule has 1 saturated heterocycles. The van der Waals surface area contributed by atoms with Gasteiger partial charge in [-0.15, -0.1) is 0 Å². The van der Waals surface area contributed by atoms with Gasteiger partial charge in [-0.1, -0.05) is 20.3 Å². The van der Waals surface area contributed by atoms with Crippen molar-refractivity contribution in [2.75, 3.05) is 20.2 Å². The number of carbonyl (C=O) groups is 1. The van der Waals surface area contributed by atoms with E-state index >= 15 is 0 Å². The van der Waals surface area contributed by atoms with Crippen LogP contribution < -0.4 is 0 Å². The Labute approximate surface area is 97.6 Å². The van der Waals surface area contributed by atoms with Crippen molar-refractivity contribution >= 4 is 5.91 Å². The summed E-state index contributed by atoms with van der Waals surface area (Å²) in [6.45, 7) is 6.65. The predicted molar refractivity (Wildman–Crippen MR) is 62.1 cm³/mol. The lowest BCUT2D eigenvalue weighted by Gasteiger charge is -2.49. The van der Waals surface area contributed by atoms with Gasteiger partial charge in [-0.25, -0.2) is 0 Å². The van der Waals surface area contributed by atoms with Gasteiger partial charge in [0.05, 0.1) is 18.7 Å². The van der Waals surface area contributed by atoms with Gasteiger partial charge >= 0.3 is 0 Å². The highest BCUT2D eigenvalue weighted by molar-refractivity contribution is 5.85. The summed E-state index contributed by atoms with van der Waals surface area (Å²) >= 11 is 0. The molecule has 0 aliphatic carbocycles. The SMILES string of the molecule is CCCC1(O)CN(C(=O)C(C)(CC)OC)C1. The summed E-state index contributed by atoms with van der Waals surface area (Å²) in [5.74, 6) is -0.0155. The van der Waals surface area contributed by atoms with Crippen LogP contribution >= 0.6 is 0 Å². The number of methoxy groups -OCH3 is 1. The first-order valence-corrected chi connectivity index (χ1v) is 5.97. The fourth-order valence-corrected chi connectivity index (χ4v) is 2.15. The Balaban J connectivity index is 2.54. The zero-order valence-electron chi connectivity index (χ0n) is 10.7. The summed E-state index contributed by atoms with van der Waals surface area (Å²) in [6.07, 6.45) is 2.34. The topological polar surface area (TPSA) is 49.8 Å². The predicted octanol–water partition coefficient (Wildman–Crippen LogP) is 1.17. The number of rotatable bonds is 5. The molecular formula is C12H23NO3. The second-order valence-electron chi connectivity index (χ2n) is 4.92. The highest BCUT2D eigenvalue weighted by Crippen LogP contribution is 2.29. The Hall–Kier alpha value is -0.610. The fourth-order valence-electron chi connectivity index (χ4n) is 2.15. The van der Waals surface area contributed by atoms with Crippen LogP contribution in [0.2, 0.25) is 0 Å². The number of likely N-dealkylation sites (tertiary alicyclic amines) is 1. The average Bonchev–Trinajstić information content (AvgIpc) is 2.24. The van der Waals surface area contributed by atoms with Crippen molar-refractivity contribution in [3.63, 3.8) is 0 Å². The van der Waals surface area contributed by atoms with E-state index in [4.69, 9.17) is 4.74 Å². The van der Waals surface area contributed by atoms with Crippen LogP contribution in [0.1, 0.15) is 40.0 Å². The van der Waals surface area contributed by atoms with E-state index in [2.05, 4.69) is 0 Å². The molecule has 0 spiro atoms. The van der Waals surface area contributed by atoms with Crippen molar-refractivity contribution in [2.45, 2.75) is 51.2 Å². The molecule has 0 radical (unpaired) electrons. The van der Waals surface area contributed by atoms with Gasteiger partial charge in [0.1, 0.15) is 5.60 Å². The highest BCUT2D eigenvalue weighted by Gasteiger charge is 2.47. The minimum Gasteiger partial charge on any atom is -0.386 e. The van der Waals surface area contributed by atoms with Crippen LogP contribution in [0.15, 0.2) is 0 Å². The summed E-state index contributed by atoms with van der Waals surface area (Å²) in [6, 6.07) is 0. The monoisotopic (exact) mass is 229 g/mol. The van der Waals surface area contributed by atoms with Crippen molar-refractivity contribution in [2.24, 2.45) is 0 Å². The zero-order valence-corrected chi connectivity index (χ0v) is 10.7. The van der Waals surface area contributed by atoms with E-state index in [1.165, 1.54) is 0 Å². The van der Waals surface area contributed by atoms with Gasteiger partial charge < -0.3 is 14.7 Å². The van der Waals surface area contributed by atoms with Crippen LogP contribution in [0, 0.1) is 0 Å². The van der Waals surface area contributed by atoms with Crippen molar-refractivity contribution in [1.82, 2.24) is 4.90 Å². The van der Waals surface area contributed by atoms with Crippen LogP contribution in [-0.4, -0.2) is 47.3 Å². The molecule has 0 aromatic carbocycles. The lowest BCUT2D eigenvalue weighted by atomic mass is 9.87. The molecule has 1 rings (SSSR count). The average molecular weight is 229 g/mol. The van der Waals surface area contributed by atoms with Crippen LogP contribution in [0.4, 0.5) is 0 Å². The number of hydrogen-bond donors (Lipinski definition) is 1. The Morgan fingerprint density at radius 3 is 2.44 bits per heavy atom. The van der Waals surface area contributed by atoms with Gasteiger partial charge in [-0.3, -0.25) is 4.79 Å². The number of amides is 1. The van der Waals surface area contributed by atoms with E-state index in [1.54, 1.807) is 18.9 Å². The normalized spacial score (nSPS) is 22.4. The minimum absolute atomic E-state index is 0.0155. The third kappa shape index (κ3) is 2.38. The van der Waals surface area contributed by atoms with Crippen molar-refractivity contribution < 1.29 is 14.6 Å². The van der Waals surface area contributed by atoms with Crippen molar-refractivity contribution in [3.8, 4) is 0 Å². The van der Waals surface area contributed by atoms with E-state index < -0.39 is 11.2 Å². The standard InChI is InChI=1S/C12H23NO3/c1-5-7-12(15)8-13(9-12)10(14)11(3,6-2)16-4/h15H,5-9H2,1-4H3. The second-order valence-corrected chi connectivity index (χ2v) is 4.92. The molecule has 0 bridgehead atoms. The van der Waals surface area contributed by atoms with Crippen LogP contribution in [0.5, 0.6) is 0 Å². The lowest BCUT2D eigenvalue weighted by Crippen LogP contribution is -2.66. The van der Waals surface area contributed by atoms with E-state index in [0.29, 0.717) is 19.5 Å². The number of nitrogens with zero attached hydrogens (tertiary/aromatic N) is 1. The minimum atomic E-state index is -0.743. The van der Waals surface area contributed by atoms with Gasteiger partial charge in [0.25, 0.3) is 5.91 Å². The first kappa shape index (κ1) is 13.5. The molecular weight excluding hydrogens is 206 g/mol. The Kier molecular flexibility index (Phi) is 3.97. The van der Waals surface area contributed by atoms with Gasteiger partial charge in [0.15, 0.2) is 0 Å². The van der Waals surface area contributed by atoms with E-state index in [-0.39, 0.29) is 5.91 Å². The molecule has 1 atom stereocenters. The van der Waals surface area contributed by atoms with Gasteiger partial charge in [-0.2, -0.15) is 0 Å². The van der Waals surface area contributed by atoms with E-state index in [0.717, 1.165) is 12.8 Å². The molecule has 1 aliphatic rings.